The summed E-state index contributed by atoms with van der Waals surface area (Å²) in [6.45, 7) is 12.2. The summed E-state index contributed by atoms with van der Waals surface area (Å²) >= 11 is 0. The Balaban J connectivity index is 2.07. The number of rotatable bonds is 2. The molecule has 3 fully saturated rings. The van der Waals surface area contributed by atoms with Crippen molar-refractivity contribution in [1.82, 2.24) is 0 Å². The second-order valence-corrected chi connectivity index (χ2v) is 8.58. The van der Waals surface area contributed by atoms with E-state index in [0.29, 0.717) is 12.3 Å². The number of carbonyl (C=O) groups excluding carboxylic acids is 2. The van der Waals surface area contributed by atoms with Gasteiger partial charge in [-0.15, -0.1) is 6.58 Å². The van der Waals surface area contributed by atoms with Crippen LogP contribution >= 0.6 is 0 Å². The standard InChI is InChI=1S/C19H28O3/c1-6-17(3)10-13-7-8-18(4,12(2)20)14-9-16(21)22-15(11-17)19(13,14)5/h6,13-15H,1,7-11H2,2-5H3. The van der Waals surface area contributed by atoms with Gasteiger partial charge in [0.25, 0.3) is 0 Å². The van der Waals surface area contributed by atoms with Gasteiger partial charge in [0.05, 0.1) is 0 Å². The third kappa shape index (κ3) is 1.93. The molecule has 0 aromatic heterocycles. The lowest BCUT2D eigenvalue weighted by atomic mass is 9.42. The Kier molecular flexibility index (Phi) is 3.36. The Morgan fingerprint density at radius 2 is 2.00 bits per heavy atom. The minimum Gasteiger partial charge on any atom is -0.462 e. The van der Waals surface area contributed by atoms with Crippen LogP contribution in [0.4, 0.5) is 0 Å². The summed E-state index contributed by atoms with van der Waals surface area (Å²) < 4.78 is 5.80. The number of hydrogen-bond donors (Lipinski definition) is 0. The topological polar surface area (TPSA) is 43.4 Å². The maximum atomic E-state index is 12.4. The molecule has 3 rings (SSSR count). The van der Waals surface area contributed by atoms with Gasteiger partial charge in [0.2, 0.25) is 0 Å². The average Bonchev–Trinajstić information content (AvgIpc) is 2.44. The van der Waals surface area contributed by atoms with Crippen molar-refractivity contribution >= 4 is 11.8 Å². The van der Waals surface area contributed by atoms with Crippen LogP contribution in [-0.4, -0.2) is 17.9 Å². The fraction of sp³-hybridized carbons (Fsp3) is 0.789. The van der Waals surface area contributed by atoms with Crippen LogP contribution in [0.3, 0.4) is 0 Å². The summed E-state index contributed by atoms with van der Waals surface area (Å²) in [4.78, 5) is 24.6. The van der Waals surface area contributed by atoms with E-state index in [1.54, 1.807) is 6.92 Å². The van der Waals surface area contributed by atoms with Crippen LogP contribution < -0.4 is 0 Å². The number of ether oxygens (including phenoxy) is 1. The Morgan fingerprint density at radius 3 is 2.59 bits per heavy atom. The smallest absolute Gasteiger partial charge is 0.306 e. The van der Waals surface area contributed by atoms with Gasteiger partial charge >= 0.3 is 5.97 Å². The first-order valence-corrected chi connectivity index (χ1v) is 8.50. The quantitative estimate of drug-likeness (QED) is 0.574. The molecule has 0 N–H and O–H groups in total. The number of esters is 1. The van der Waals surface area contributed by atoms with Gasteiger partial charge in [0.1, 0.15) is 11.9 Å². The maximum absolute atomic E-state index is 12.4. The lowest BCUT2D eigenvalue weighted by Crippen LogP contribution is -2.64. The summed E-state index contributed by atoms with van der Waals surface area (Å²) in [5.41, 5.74) is -0.430. The molecule has 0 aromatic rings. The zero-order valence-corrected chi connectivity index (χ0v) is 14.3. The highest BCUT2D eigenvalue weighted by Gasteiger charge is 2.65. The van der Waals surface area contributed by atoms with Gasteiger partial charge in [0, 0.05) is 17.3 Å². The largest absolute Gasteiger partial charge is 0.462 e. The van der Waals surface area contributed by atoms with Crippen LogP contribution in [0, 0.1) is 28.1 Å². The van der Waals surface area contributed by atoms with E-state index in [1.807, 2.05) is 6.08 Å². The van der Waals surface area contributed by atoms with Gasteiger partial charge in [-0.05, 0) is 49.9 Å². The van der Waals surface area contributed by atoms with Crippen LogP contribution in [0.2, 0.25) is 0 Å². The first-order valence-electron chi connectivity index (χ1n) is 8.50. The first kappa shape index (κ1) is 15.8. The first-order chi connectivity index (χ1) is 10.2. The van der Waals surface area contributed by atoms with Crippen molar-refractivity contribution in [3.8, 4) is 0 Å². The molecule has 2 aliphatic carbocycles. The average molecular weight is 304 g/mol. The molecule has 6 atom stereocenters. The Morgan fingerprint density at radius 1 is 1.32 bits per heavy atom. The molecule has 0 spiro atoms. The minimum atomic E-state index is -0.384. The van der Waals surface area contributed by atoms with Crippen LogP contribution in [0.5, 0.6) is 0 Å². The third-order valence-corrected chi connectivity index (χ3v) is 7.41. The molecule has 0 amide bonds. The lowest BCUT2D eigenvalue weighted by Gasteiger charge is -2.63. The highest BCUT2D eigenvalue weighted by Crippen LogP contribution is 2.65. The van der Waals surface area contributed by atoms with E-state index in [2.05, 4.69) is 27.4 Å². The monoisotopic (exact) mass is 304 g/mol. The van der Waals surface area contributed by atoms with Crippen molar-refractivity contribution in [3.63, 3.8) is 0 Å². The summed E-state index contributed by atoms with van der Waals surface area (Å²) in [7, 11) is 0. The third-order valence-electron chi connectivity index (χ3n) is 7.41. The van der Waals surface area contributed by atoms with E-state index in [1.165, 1.54) is 0 Å². The molecule has 1 aliphatic heterocycles. The van der Waals surface area contributed by atoms with Crippen LogP contribution in [0.15, 0.2) is 12.7 Å². The predicted molar refractivity (Wildman–Crippen MR) is 85.1 cm³/mol. The zero-order valence-electron chi connectivity index (χ0n) is 14.3. The number of carbonyl (C=O) groups is 2. The summed E-state index contributed by atoms with van der Waals surface area (Å²) in [5, 5.41) is 0. The minimum absolute atomic E-state index is 0.0287. The van der Waals surface area contributed by atoms with E-state index in [9.17, 15) is 9.59 Å². The van der Waals surface area contributed by atoms with Crippen LogP contribution in [0.1, 0.15) is 59.8 Å². The van der Waals surface area contributed by atoms with Crippen molar-refractivity contribution in [2.45, 2.75) is 65.9 Å². The van der Waals surface area contributed by atoms with Crippen molar-refractivity contribution in [1.29, 1.82) is 0 Å². The van der Waals surface area contributed by atoms with Gasteiger partial charge in [-0.1, -0.05) is 26.8 Å². The SMILES string of the molecule is C=CC1(C)CC2CCC(C)(C(C)=O)C3CC(=O)OC(C1)C23C. The molecular weight excluding hydrogens is 276 g/mol. The van der Waals surface area contributed by atoms with E-state index in [-0.39, 0.29) is 40.0 Å². The molecule has 3 aliphatic rings. The molecular formula is C19H28O3. The Labute approximate surface area is 133 Å². The fourth-order valence-corrected chi connectivity index (χ4v) is 5.60. The molecule has 0 bridgehead atoms. The predicted octanol–water partition coefficient (Wildman–Crippen LogP) is 3.92. The molecule has 1 heterocycles. The van der Waals surface area contributed by atoms with Crippen LogP contribution in [-0.2, 0) is 14.3 Å². The van der Waals surface area contributed by atoms with Gasteiger partial charge in [-0.3, -0.25) is 9.59 Å². The van der Waals surface area contributed by atoms with Crippen LogP contribution in [0.25, 0.3) is 0 Å². The molecule has 2 saturated carbocycles. The Bertz CT molecular complexity index is 539. The second-order valence-electron chi connectivity index (χ2n) is 8.58. The van der Waals surface area contributed by atoms with E-state index >= 15 is 0 Å². The molecule has 3 heteroatoms. The van der Waals surface area contributed by atoms with E-state index < -0.39 is 0 Å². The lowest BCUT2D eigenvalue weighted by molar-refractivity contribution is -0.222. The highest BCUT2D eigenvalue weighted by molar-refractivity contribution is 5.84. The summed E-state index contributed by atoms with van der Waals surface area (Å²) in [6, 6.07) is 0. The second kappa shape index (κ2) is 4.69. The molecule has 122 valence electrons. The summed E-state index contributed by atoms with van der Waals surface area (Å²) in [5.74, 6) is 0.702. The van der Waals surface area contributed by atoms with E-state index in [4.69, 9.17) is 4.74 Å². The number of allylic oxidation sites excluding steroid dienone is 1. The van der Waals surface area contributed by atoms with Gasteiger partial charge < -0.3 is 4.74 Å². The fourth-order valence-electron chi connectivity index (χ4n) is 5.60. The van der Waals surface area contributed by atoms with Crippen molar-refractivity contribution in [2.75, 3.05) is 0 Å². The van der Waals surface area contributed by atoms with Crippen molar-refractivity contribution in [2.24, 2.45) is 28.1 Å². The van der Waals surface area contributed by atoms with E-state index in [0.717, 1.165) is 25.7 Å². The van der Waals surface area contributed by atoms with Crippen molar-refractivity contribution in [3.05, 3.63) is 12.7 Å². The van der Waals surface area contributed by atoms with Gasteiger partial charge in [-0.25, -0.2) is 0 Å². The molecule has 3 nitrogen and oxygen atoms in total. The molecule has 22 heavy (non-hydrogen) atoms. The van der Waals surface area contributed by atoms with Gasteiger partial charge in [-0.2, -0.15) is 0 Å². The molecule has 6 unspecified atom stereocenters. The highest BCUT2D eigenvalue weighted by atomic mass is 16.5. The molecule has 0 aromatic carbocycles. The Hall–Kier alpha value is -1.12. The number of ketones is 1. The molecule has 1 saturated heterocycles. The maximum Gasteiger partial charge on any atom is 0.306 e. The van der Waals surface area contributed by atoms with Crippen molar-refractivity contribution < 1.29 is 14.3 Å². The molecule has 0 radical (unpaired) electrons. The number of Topliss-reactive ketones (excluding diaryl/α,β-unsaturated/α-hetero) is 1. The normalized spacial score (nSPS) is 50.7. The van der Waals surface area contributed by atoms with Gasteiger partial charge in [0.15, 0.2) is 0 Å². The number of hydrogen-bond acceptors (Lipinski definition) is 3. The zero-order chi connectivity index (χ0) is 16.3. The summed E-state index contributed by atoms with van der Waals surface area (Å²) in [6.07, 6.45) is 6.19.